The fourth-order valence-electron chi connectivity index (χ4n) is 6.08. The lowest BCUT2D eigenvalue weighted by Crippen LogP contribution is -2.49. The van der Waals surface area contributed by atoms with Gasteiger partial charge in [-0.25, -0.2) is 4.79 Å². The van der Waals surface area contributed by atoms with E-state index in [0.29, 0.717) is 32.6 Å². The van der Waals surface area contributed by atoms with E-state index in [1.807, 2.05) is 46.0 Å². The Kier molecular flexibility index (Phi) is 5.62. The van der Waals surface area contributed by atoms with E-state index in [9.17, 15) is 19.2 Å². The Labute approximate surface area is 208 Å². The molecule has 2 bridgehead atoms. The highest BCUT2D eigenvalue weighted by molar-refractivity contribution is 6.04. The molecule has 4 amide bonds. The molecule has 0 radical (unpaired) electrons. The van der Waals surface area contributed by atoms with E-state index >= 15 is 0 Å². The zero-order valence-electron chi connectivity index (χ0n) is 20.0. The maximum absolute atomic E-state index is 13.1. The summed E-state index contributed by atoms with van der Waals surface area (Å²) in [5, 5.41) is 3.85. The summed E-state index contributed by atoms with van der Waals surface area (Å²) in [7, 11) is 0. The fraction of sp³-hybridized carbons (Fsp3) is 0.407. The van der Waals surface area contributed by atoms with E-state index in [0.717, 1.165) is 28.6 Å². The smallest absolute Gasteiger partial charge is 0.324 e. The van der Waals surface area contributed by atoms with Gasteiger partial charge in [-0.05, 0) is 42.9 Å². The molecule has 2 aromatic heterocycles. The van der Waals surface area contributed by atoms with E-state index in [4.69, 9.17) is 0 Å². The third-order valence-corrected chi connectivity index (χ3v) is 7.87. The second-order valence-electron chi connectivity index (χ2n) is 10.1. The van der Waals surface area contributed by atoms with Gasteiger partial charge in [-0.1, -0.05) is 24.3 Å². The Hall–Kier alpha value is -3.88. The zero-order valence-corrected chi connectivity index (χ0v) is 20.0. The number of nitrogens with zero attached hydrogens (tertiary/aromatic N) is 3. The number of hydrogen-bond donors (Lipinski definition) is 2. The number of aromatic amines is 1. The van der Waals surface area contributed by atoms with E-state index in [-0.39, 0.29) is 42.1 Å². The third-order valence-electron chi connectivity index (χ3n) is 7.87. The number of H-pyrrole nitrogens is 1. The van der Waals surface area contributed by atoms with Crippen molar-refractivity contribution in [1.29, 1.82) is 0 Å². The standard InChI is InChI=1S/C27H29N5O4/c33-24(30-14-17-12-19(16-30)23-6-3-7-25(34)32(23)15-17)9-8-22-26(35)31(27(36)29-22)11-10-18-13-28-21-5-2-1-4-20(18)21/h1-7,13,17,19,22,28H,8-12,14-16H2,(H,29,36)/t17-,19+,22?/m1/s1. The Morgan fingerprint density at radius 2 is 1.86 bits per heavy atom. The van der Waals surface area contributed by atoms with E-state index in [1.165, 1.54) is 4.90 Å². The Morgan fingerprint density at radius 1 is 1.00 bits per heavy atom. The van der Waals surface area contributed by atoms with Crippen LogP contribution in [0.3, 0.4) is 0 Å². The van der Waals surface area contributed by atoms with Gasteiger partial charge in [0.25, 0.3) is 11.5 Å². The Morgan fingerprint density at radius 3 is 2.75 bits per heavy atom. The number of benzene rings is 1. The van der Waals surface area contributed by atoms with Crippen molar-refractivity contribution in [3.63, 3.8) is 0 Å². The minimum absolute atomic E-state index is 0.00396. The SMILES string of the molecule is O=C(CCC1NC(=O)N(CCc2c[nH]c3ccccc23)C1=O)N1C[C@H]2C[C@@H](C1)c1cccc(=O)n1C2. The van der Waals surface area contributed by atoms with Crippen LogP contribution in [0.15, 0.2) is 53.5 Å². The first kappa shape index (κ1) is 22.6. The molecule has 0 saturated carbocycles. The molecule has 5 heterocycles. The molecule has 186 valence electrons. The quantitative estimate of drug-likeness (QED) is 0.520. The monoisotopic (exact) mass is 487 g/mol. The van der Waals surface area contributed by atoms with Gasteiger partial charge in [0.05, 0.1) is 0 Å². The molecule has 9 nitrogen and oxygen atoms in total. The molecule has 9 heteroatoms. The molecular formula is C27H29N5O4. The second-order valence-corrected chi connectivity index (χ2v) is 10.1. The van der Waals surface area contributed by atoms with Crippen molar-refractivity contribution in [2.75, 3.05) is 19.6 Å². The van der Waals surface area contributed by atoms with Crippen LogP contribution < -0.4 is 10.9 Å². The maximum atomic E-state index is 13.1. The first-order valence-corrected chi connectivity index (χ1v) is 12.6. The first-order valence-electron chi connectivity index (χ1n) is 12.6. The topological polar surface area (TPSA) is 108 Å². The van der Waals surface area contributed by atoms with Crippen molar-refractivity contribution in [3.8, 4) is 0 Å². The summed E-state index contributed by atoms with van der Waals surface area (Å²) < 4.78 is 1.85. The normalized spacial score (nSPS) is 23.2. The van der Waals surface area contributed by atoms with Crippen LogP contribution in [0.4, 0.5) is 4.79 Å². The van der Waals surface area contributed by atoms with Crippen LogP contribution >= 0.6 is 0 Å². The number of hydrogen-bond acceptors (Lipinski definition) is 4. The van der Waals surface area contributed by atoms with Gasteiger partial charge in [0, 0.05) is 67.4 Å². The van der Waals surface area contributed by atoms with E-state index < -0.39 is 12.1 Å². The van der Waals surface area contributed by atoms with Crippen LogP contribution in [0.1, 0.15) is 36.4 Å². The van der Waals surface area contributed by atoms with Crippen LogP contribution in [-0.4, -0.2) is 62.9 Å². The highest BCUT2D eigenvalue weighted by Crippen LogP contribution is 2.35. The number of nitrogens with one attached hydrogen (secondary N) is 2. The number of carbonyl (C=O) groups excluding carboxylic acids is 3. The molecule has 6 rings (SSSR count). The van der Waals surface area contributed by atoms with Gasteiger partial charge in [0.1, 0.15) is 6.04 Å². The van der Waals surface area contributed by atoms with Gasteiger partial charge in [0.15, 0.2) is 0 Å². The molecule has 2 saturated heterocycles. The lowest BCUT2D eigenvalue weighted by atomic mass is 9.83. The molecular weight excluding hydrogens is 458 g/mol. The number of rotatable bonds is 6. The first-order chi connectivity index (χ1) is 17.5. The summed E-state index contributed by atoms with van der Waals surface area (Å²) in [6, 6.07) is 12.2. The number of piperidine rings is 1. The molecule has 1 unspecified atom stereocenters. The summed E-state index contributed by atoms with van der Waals surface area (Å²) in [5.74, 6) is 0.142. The molecule has 3 aliphatic heterocycles. The third kappa shape index (κ3) is 3.98. The fourth-order valence-corrected chi connectivity index (χ4v) is 6.08. The number of pyridine rings is 1. The number of imide groups is 1. The molecule has 36 heavy (non-hydrogen) atoms. The van der Waals surface area contributed by atoms with Crippen molar-refractivity contribution in [2.24, 2.45) is 5.92 Å². The van der Waals surface area contributed by atoms with Gasteiger partial charge in [-0.15, -0.1) is 0 Å². The molecule has 1 aromatic carbocycles. The summed E-state index contributed by atoms with van der Waals surface area (Å²) in [4.78, 5) is 57.1. The number of aromatic nitrogens is 2. The van der Waals surface area contributed by atoms with Gasteiger partial charge < -0.3 is 19.8 Å². The maximum Gasteiger partial charge on any atom is 0.324 e. The zero-order chi connectivity index (χ0) is 24.8. The van der Waals surface area contributed by atoms with Crippen LogP contribution in [-0.2, 0) is 22.6 Å². The highest BCUT2D eigenvalue weighted by Gasteiger charge is 2.39. The number of amides is 4. The minimum Gasteiger partial charge on any atom is -0.361 e. The average molecular weight is 488 g/mol. The van der Waals surface area contributed by atoms with Crippen LogP contribution in [0, 0.1) is 5.92 Å². The Balaban J connectivity index is 1.05. The molecule has 3 atom stereocenters. The summed E-state index contributed by atoms with van der Waals surface area (Å²) >= 11 is 0. The van der Waals surface area contributed by atoms with Crippen LogP contribution in [0.5, 0.6) is 0 Å². The highest BCUT2D eigenvalue weighted by atomic mass is 16.2. The minimum atomic E-state index is -0.673. The lowest BCUT2D eigenvalue weighted by molar-refractivity contribution is -0.134. The van der Waals surface area contributed by atoms with Crippen molar-refractivity contribution in [3.05, 3.63) is 70.3 Å². The molecule has 0 spiro atoms. The number of carbonyl (C=O) groups is 3. The van der Waals surface area contributed by atoms with Gasteiger partial charge in [-0.2, -0.15) is 0 Å². The van der Waals surface area contributed by atoms with E-state index in [2.05, 4.69) is 10.3 Å². The number of fused-ring (bicyclic) bond motifs is 5. The van der Waals surface area contributed by atoms with Crippen LogP contribution in [0.25, 0.3) is 10.9 Å². The van der Waals surface area contributed by atoms with Crippen molar-refractivity contribution in [2.45, 2.75) is 44.2 Å². The summed E-state index contributed by atoms with van der Waals surface area (Å²) in [6.07, 6.45) is 3.96. The molecule has 3 aromatic rings. The van der Waals surface area contributed by atoms with Gasteiger partial charge in [0.2, 0.25) is 5.91 Å². The average Bonchev–Trinajstić information content (AvgIpc) is 3.41. The largest absolute Gasteiger partial charge is 0.361 e. The van der Waals surface area contributed by atoms with Gasteiger partial charge in [-0.3, -0.25) is 19.3 Å². The molecule has 2 fully saturated rings. The number of likely N-dealkylation sites (tertiary alicyclic amines) is 1. The number of urea groups is 1. The van der Waals surface area contributed by atoms with Crippen molar-refractivity contribution < 1.29 is 14.4 Å². The number of para-hydroxylation sites is 1. The summed E-state index contributed by atoms with van der Waals surface area (Å²) in [6.45, 7) is 2.14. The van der Waals surface area contributed by atoms with Gasteiger partial charge >= 0.3 is 6.03 Å². The predicted octanol–water partition coefficient (Wildman–Crippen LogP) is 2.22. The van der Waals surface area contributed by atoms with Crippen LogP contribution in [0.2, 0.25) is 0 Å². The lowest BCUT2D eigenvalue weighted by Gasteiger charge is -2.42. The van der Waals surface area contributed by atoms with Crippen molar-refractivity contribution in [1.82, 2.24) is 24.7 Å². The Bertz CT molecular complexity index is 1410. The van der Waals surface area contributed by atoms with Crippen molar-refractivity contribution >= 4 is 28.7 Å². The predicted molar refractivity (Wildman–Crippen MR) is 133 cm³/mol. The summed E-state index contributed by atoms with van der Waals surface area (Å²) in [5.41, 5.74) is 3.11. The molecule has 2 N–H and O–H groups in total. The van der Waals surface area contributed by atoms with E-state index in [1.54, 1.807) is 12.1 Å². The molecule has 0 aliphatic carbocycles. The second kappa shape index (κ2) is 8.96. The molecule has 3 aliphatic rings.